The fraction of sp³-hybridized carbons (Fsp3) is 0.382. The summed E-state index contributed by atoms with van der Waals surface area (Å²) in [5.41, 5.74) is 3.77. The molecular formula is C34H37Cl2N7O4. The number of methoxy groups -OCH3 is 1. The Morgan fingerprint density at radius 3 is 2.38 bits per heavy atom. The number of hydrogen-bond acceptors (Lipinski definition) is 8. The number of rotatable bonds is 9. The van der Waals surface area contributed by atoms with E-state index >= 15 is 0 Å². The van der Waals surface area contributed by atoms with Gasteiger partial charge < -0.3 is 14.5 Å². The predicted octanol–water partition coefficient (Wildman–Crippen LogP) is 5.00. The lowest BCUT2D eigenvalue weighted by molar-refractivity contribution is -0.137. The number of ether oxygens (including phenoxy) is 1. The van der Waals surface area contributed by atoms with Gasteiger partial charge in [0.2, 0.25) is 0 Å². The molecule has 1 aromatic heterocycles. The zero-order valence-corrected chi connectivity index (χ0v) is 27.8. The number of hydrogen-bond donors (Lipinski definition) is 2. The Kier molecular flexibility index (Phi) is 9.52. The highest BCUT2D eigenvalue weighted by Crippen LogP contribution is 2.42. The number of hydroxylamine groups is 1. The van der Waals surface area contributed by atoms with Gasteiger partial charge in [-0.1, -0.05) is 59.6 Å². The highest BCUT2D eigenvalue weighted by atomic mass is 35.5. The third-order valence-corrected chi connectivity index (χ3v) is 10.7. The number of amides is 2. The largest absolute Gasteiger partial charge is 0.496 e. The maximum atomic E-state index is 14.1. The fourth-order valence-corrected chi connectivity index (χ4v) is 7.43. The molecule has 13 heteroatoms. The van der Waals surface area contributed by atoms with Crippen LogP contribution in [0, 0.1) is 6.92 Å². The van der Waals surface area contributed by atoms with Crippen LogP contribution in [-0.2, 0) is 15.6 Å². The van der Waals surface area contributed by atoms with Crippen molar-refractivity contribution in [2.75, 3.05) is 39.8 Å². The van der Waals surface area contributed by atoms with E-state index in [2.05, 4.69) is 20.4 Å². The number of benzene rings is 3. The maximum absolute atomic E-state index is 14.1. The zero-order valence-electron chi connectivity index (χ0n) is 26.3. The molecule has 2 saturated heterocycles. The molecule has 2 N–H and O–H groups in total. The summed E-state index contributed by atoms with van der Waals surface area (Å²) < 4.78 is 7.18. The fourth-order valence-electron chi connectivity index (χ4n) is 7.13. The molecule has 0 saturated carbocycles. The van der Waals surface area contributed by atoms with Gasteiger partial charge in [-0.15, -0.1) is 5.10 Å². The first-order valence-electron chi connectivity index (χ1n) is 15.6. The minimum atomic E-state index is -0.793. The summed E-state index contributed by atoms with van der Waals surface area (Å²) in [4.78, 5) is 31.3. The van der Waals surface area contributed by atoms with Gasteiger partial charge >= 0.3 is 0 Å². The number of aryl methyl sites for hydroxylation is 1. The Bertz CT molecular complexity index is 1760. The van der Waals surface area contributed by atoms with Gasteiger partial charge in [-0.05, 0) is 104 Å². The number of carbonyl (C=O) groups is 2. The van der Waals surface area contributed by atoms with Crippen LogP contribution >= 0.6 is 23.2 Å². The SMILES string of the molecule is COc1ccc(-n2nnnc2C)cc1C(=O)N1CCC(CCN2CCC(C(=O)NO)(c3ccccc3)CC2)(c2ccc(Cl)c(Cl)c2)C1. The lowest BCUT2D eigenvalue weighted by atomic mass is 9.71. The summed E-state index contributed by atoms with van der Waals surface area (Å²) in [7, 11) is 1.55. The van der Waals surface area contributed by atoms with Crippen molar-refractivity contribution in [2.45, 2.75) is 43.4 Å². The zero-order chi connectivity index (χ0) is 33.2. The van der Waals surface area contributed by atoms with E-state index in [9.17, 15) is 14.8 Å². The van der Waals surface area contributed by atoms with Crippen molar-refractivity contribution >= 4 is 35.0 Å². The second-order valence-corrected chi connectivity index (χ2v) is 13.2. The van der Waals surface area contributed by atoms with Crippen molar-refractivity contribution in [3.63, 3.8) is 0 Å². The van der Waals surface area contributed by atoms with Crippen LogP contribution in [0.4, 0.5) is 0 Å². The first-order chi connectivity index (χ1) is 22.7. The Morgan fingerprint density at radius 1 is 0.957 bits per heavy atom. The predicted molar refractivity (Wildman–Crippen MR) is 177 cm³/mol. The molecule has 0 spiro atoms. The first-order valence-corrected chi connectivity index (χ1v) is 16.4. The van der Waals surface area contributed by atoms with Gasteiger partial charge in [0.25, 0.3) is 11.8 Å². The smallest absolute Gasteiger partial charge is 0.257 e. The van der Waals surface area contributed by atoms with Crippen molar-refractivity contribution < 1.29 is 19.5 Å². The first kappa shape index (κ1) is 32.9. The Labute approximate surface area is 283 Å². The van der Waals surface area contributed by atoms with Gasteiger partial charge in [-0.2, -0.15) is 4.68 Å². The van der Waals surface area contributed by atoms with E-state index in [1.807, 2.05) is 65.0 Å². The summed E-state index contributed by atoms with van der Waals surface area (Å²) in [5, 5.41) is 22.3. The number of piperidine rings is 1. The van der Waals surface area contributed by atoms with Gasteiger partial charge in [0.1, 0.15) is 5.75 Å². The topological polar surface area (TPSA) is 126 Å². The minimum Gasteiger partial charge on any atom is -0.496 e. The normalized spacial score (nSPS) is 19.5. The van der Waals surface area contributed by atoms with Gasteiger partial charge in [-0.3, -0.25) is 14.8 Å². The number of aromatic nitrogens is 4. The molecule has 47 heavy (non-hydrogen) atoms. The van der Waals surface area contributed by atoms with E-state index in [0.29, 0.717) is 71.9 Å². The quantitative estimate of drug-likeness (QED) is 0.187. The highest BCUT2D eigenvalue weighted by Gasteiger charge is 2.45. The van der Waals surface area contributed by atoms with E-state index in [4.69, 9.17) is 27.9 Å². The number of tetrazole rings is 1. The Hall–Kier alpha value is -4.03. The minimum absolute atomic E-state index is 0.142. The summed E-state index contributed by atoms with van der Waals surface area (Å²) in [6.07, 6.45) is 2.65. The van der Waals surface area contributed by atoms with Crippen LogP contribution in [0.2, 0.25) is 10.0 Å². The van der Waals surface area contributed by atoms with E-state index in [-0.39, 0.29) is 17.2 Å². The molecule has 246 valence electrons. The van der Waals surface area contributed by atoms with Crippen molar-refractivity contribution in [3.05, 3.63) is 99.3 Å². The number of nitrogens with one attached hydrogen (secondary N) is 1. The van der Waals surface area contributed by atoms with Crippen molar-refractivity contribution in [2.24, 2.45) is 0 Å². The summed E-state index contributed by atoms with van der Waals surface area (Å²) in [5.74, 6) is 0.551. The summed E-state index contributed by atoms with van der Waals surface area (Å²) in [6.45, 7) is 4.94. The number of carbonyl (C=O) groups excluding carboxylic acids is 2. The highest BCUT2D eigenvalue weighted by molar-refractivity contribution is 6.42. The van der Waals surface area contributed by atoms with Crippen LogP contribution in [-0.4, -0.2) is 86.9 Å². The number of nitrogens with zero attached hydrogens (tertiary/aromatic N) is 6. The second kappa shape index (κ2) is 13.6. The second-order valence-electron chi connectivity index (χ2n) is 12.4. The number of halogens is 2. The average Bonchev–Trinajstić information content (AvgIpc) is 3.75. The lowest BCUT2D eigenvalue weighted by Crippen LogP contribution is -2.51. The van der Waals surface area contributed by atoms with Gasteiger partial charge in [0.05, 0.1) is 33.8 Å². The average molecular weight is 679 g/mol. The van der Waals surface area contributed by atoms with E-state index in [1.165, 1.54) is 0 Å². The van der Waals surface area contributed by atoms with E-state index in [0.717, 1.165) is 30.5 Å². The lowest BCUT2D eigenvalue weighted by Gasteiger charge is -2.41. The summed E-state index contributed by atoms with van der Waals surface area (Å²) >= 11 is 12.9. The maximum Gasteiger partial charge on any atom is 0.257 e. The molecule has 3 heterocycles. The molecule has 3 aromatic carbocycles. The molecule has 0 bridgehead atoms. The van der Waals surface area contributed by atoms with Crippen LogP contribution in [0.25, 0.3) is 5.69 Å². The third kappa shape index (κ3) is 6.32. The van der Waals surface area contributed by atoms with E-state index in [1.54, 1.807) is 30.8 Å². The van der Waals surface area contributed by atoms with Crippen LogP contribution in [0.5, 0.6) is 5.75 Å². The molecular weight excluding hydrogens is 641 g/mol. The van der Waals surface area contributed by atoms with Crippen LogP contribution < -0.4 is 10.2 Å². The molecule has 4 aromatic rings. The van der Waals surface area contributed by atoms with Gasteiger partial charge in [0, 0.05) is 18.5 Å². The monoisotopic (exact) mass is 677 g/mol. The van der Waals surface area contributed by atoms with Gasteiger partial charge in [-0.25, -0.2) is 5.48 Å². The van der Waals surface area contributed by atoms with Gasteiger partial charge in [0.15, 0.2) is 5.82 Å². The standard InChI is InChI=1S/C34H37Cl2N7O4/c1-23-37-39-40-43(23)26-9-11-30(47-2)27(21-26)31(44)42-19-13-33(22-42,25-8-10-28(35)29(36)20-25)12-16-41-17-14-34(15-18-41,32(45)38-46)24-6-4-3-5-7-24/h3-11,20-21,46H,12-19,22H2,1-2H3,(H,38,45). The molecule has 6 rings (SSSR count). The molecule has 0 radical (unpaired) electrons. The molecule has 0 aliphatic carbocycles. The summed E-state index contributed by atoms with van der Waals surface area (Å²) in [6, 6.07) is 20.7. The Balaban J connectivity index is 1.23. The Morgan fingerprint density at radius 2 is 1.72 bits per heavy atom. The molecule has 2 aliphatic heterocycles. The molecule has 1 unspecified atom stereocenters. The van der Waals surface area contributed by atoms with Crippen molar-refractivity contribution in [1.82, 2.24) is 35.5 Å². The number of likely N-dealkylation sites (tertiary alicyclic amines) is 2. The molecule has 2 aliphatic rings. The van der Waals surface area contributed by atoms with Crippen molar-refractivity contribution in [3.8, 4) is 11.4 Å². The molecule has 1 atom stereocenters. The molecule has 11 nitrogen and oxygen atoms in total. The van der Waals surface area contributed by atoms with Crippen LogP contribution in [0.15, 0.2) is 66.7 Å². The molecule has 2 fully saturated rings. The van der Waals surface area contributed by atoms with Crippen LogP contribution in [0.1, 0.15) is 53.0 Å². The van der Waals surface area contributed by atoms with E-state index < -0.39 is 5.41 Å². The van der Waals surface area contributed by atoms with Crippen LogP contribution in [0.3, 0.4) is 0 Å². The third-order valence-electron chi connectivity index (χ3n) is 9.94. The van der Waals surface area contributed by atoms with Crippen molar-refractivity contribution in [1.29, 1.82) is 0 Å². The molecule has 2 amide bonds.